The van der Waals surface area contributed by atoms with Crippen LogP contribution < -0.4 is 26.9 Å². The van der Waals surface area contributed by atoms with Crippen molar-refractivity contribution in [2.45, 2.75) is 7.43 Å². The molecular weight excluding hydrogens is 895 g/mol. The Morgan fingerprint density at radius 3 is 0.984 bits per heavy atom. The number of anilines is 8. The van der Waals surface area contributed by atoms with Gasteiger partial charge in [0.05, 0.1) is 41.5 Å². The highest BCUT2D eigenvalue weighted by atomic mass is 79.9. The molecule has 0 spiro atoms. The van der Waals surface area contributed by atoms with Gasteiger partial charge in [0.2, 0.25) is 0 Å². The van der Waals surface area contributed by atoms with Crippen molar-refractivity contribution in [3.8, 4) is 22.6 Å². The van der Waals surface area contributed by atoms with E-state index in [0.29, 0.717) is 0 Å². The molecule has 12 heteroatoms. The van der Waals surface area contributed by atoms with E-state index in [0.717, 1.165) is 77.1 Å². The molecule has 0 atom stereocenters. The quantitative estimate of drug-likeness (QED) is 0.0703. The number of hydrogen-bond acceptors (Lipinski definition) is 9. The Balaban J connectivity index is 0.000000176. The van der Waals surface area contributed by atoms with Crippen molar-refractivity contribution < 1.29 is 23.3 Å². The second-order valence-electron chi connectivity index (χ2n) is 13.1. The molecule has 0 saturated heterocycles. The van der Waals surface area contributed by atoms with Crippen molar-refractivity contribution in [1.29, 1.82) is 0 Å². The molecule has 6 aromatic carbocycles. The first-order valence-corrected chi connectivity index (χ1v) is 20.4. The molecule has 9 aromatic rings. The number of rotatable bonds is 11. The molecule has 0 amide bonds. The number of nitrogens with one attached hydrogen (secondary N) is 4. The van der Waals surface area contributed by atoms with Gasteiger partial charge >= 0.3 is 7.12 Å². The first kappa shape index (κ1) is 43.9. The van der Waals surface area contributed by atoms with Crippen molar-refractivity contribution >= 4 is 90.1 Å². The molecule has 306 valence electrons. The Bertz CT molecular complexity index is 2470. The summed E-state index contributed by atoms with van der Waals surface area (Å²) in [5.74, 6) is 1.58. The van der Waals surface area contributed by atoms with Crippen molar-refractivity contribution in [2.75, 3.05) is 21.3 Å². The average molecular weight is 939 g/mol. The lowest BCUT2D eigenvalue weighted by Crippen LogP contribution is -2.27. The van der Waals surface area contributed by atoms with E-state index in [1.165, 1.54) is 12.3 Å². The first-order chi connectivity index (χ1) is 29.4. The van der Waals surface area contributed by atoms with E-state index in [9.17, 15) is 0 Å². The van der Waals surface area contributed by atoms with Crippen LogP contribution in [0.4, 0.5) is 45.5 Å². The molecule has 9 nitrogen and oxygen atoms in total. The Hall–Kier alpha value is -6.70. The van der Waals surface area contributed by atoms with Gasteiger partial charge in [-0.15, -0.1) is 0 Å². The summed E-state index contributed by atoms with van der Waals surface area (Å²) in [6.45, 7) is 0. The molecule has 0 saturated carbocycles. The maximum Gasteiger partial charge on any atom is 0.526 e. The SMILES string of the molecule is Brc1cc(Nc2ccccc2)c(Br)cc1Nc1ccccc1.C.OB(O)c1ccco1.c1ccc(Nc2cc(-c3ccco3)c(Nc3ccccc3)cc2-c2ccco2)cc1. The molecule has 3 heterocycles. The number of furan rings is 3. The predicted molar refractivity (Wildman–Crippen MR) is 258 cm³/mol. The van der Waals surface area contributed by atoms with Gasteiger partial charge in [0.25, 0.3) is 0 Å². The minimum absolute atomic E-state index is 0. The lowest BCUT2D eigenvalue weighted by molar-refractivity contribution is 0.409. The van der Waals surface area contributed by atoms with Crippen molar-refractivity contribution in [3.05, 3.63) is 210 Å². The topological polar surface area (TPSA) is 128 Å². The second kappa shape index (κ2) is 22.1. The highest BCUT2D eigenvalue weighted by Gasteiger charge is 2.17. The zero-order chi connectivity index (χ0) is 41.5. The van der Waals surface area contributed by atoms with Crippen LogP contribution in [0, 0.1) is 0 Å². The zero-order valence-electron chi connectivity index (χ0n) is 32.0. The van der Waals surface area contributed by atoms with Gasteiger partial charge in [-0.25, -0.2) is 0 Å². The average Bonchev–Trinajstić information content (AvgIpc) is 4.11. The smallest absolute Gasteiger partial charge is 0.473 e. The Morgan fingerprint density at radius 2 is 0.705 bits per heavy atom. The lowest BCUT2D eigenvalue weighted by atomic mass is 9.88. The molecule has 0 aliphatic rings. The van der Waals surface area contributed by atoms with E-state index in [1.54, 1.807) is 18.6 Å². The van der Waals surface area contributed by atoms with Crippen LogP contribution in [0.1, 0.15) is 7.43 Å². The van der Waals surface area contributed by atoms with Crippen LogP contribution in [0.15, 0.2) is 223 Å². The maximum atomic E-state index is 8.37. The van der Waals surface area contributed by atoms with Gasteiger partial charge in [0.1, 0.15) is 17.2 Å². The summed E-state index contributed by atoms with van der Waals surface area (Å²) >= 11 is 7.26. The van der Waals surface area contributed by atoms with E-state index in [2.05, 4.69) is 81.8 Å². The summed E-state index contributed by atoms with van der Waals surface area (Å²) in [5.41, 5.74) is 10.1. The normalized spacial score (nSPS) is 10.2. The molecule has 0 unspecified atom stereocenters. The van der Waals surface area contributed by atoms with Crippen LogP contribution in [0.5, 0.6) is 0 Å². The monoisotopic (exact) mass is 936 g/mol. The van der Waals surface area contributed by atoms with Crippen molar-refractivity contribution in [3.63, 3.8) is 0 Å². The van der Waals surface area contributed by atoms with Crippen molar-refractivity contribution in [2.24, 2.45) is 0 Å². The number of hydrogen-bond donors (Lipinski definition) is 6. The molecule has 6 N–H and O–H groups in total. The summed E-state index contributed by atoms with van der Waals surface area (Å²) in [6, 6.07) is 59.5. The highest BCUT2D eigenvalue weighted by Crippen LogP contribution is 2.41. The maximum absolute atomic E-state index is 8.37. The molecule has 0 bridgehead atoms. The van der Waals surface area contributed by atoms with Gasteiger partial charge in [0.15, 0.2) is 0 Å². The number of halogens is 2. The van der Waals surface area contributed by atoms with E-state index in [-0.39, 0.29) is 13.1 Å². The molecular formula is C49H43BBr2N4O5. The van der Waals surface area contributed by atoms with Gasteiger partial charge in [-0.2, -0.15) is 0 Å². The van der Waals surface area contributed by atoms with Gasteiger partial charge in [-0.05, 0) is 141 Å². The van der Waals surface area contributed by atoms with Gasteiger partial charge in [-0.1, -0.05) is 80.2 Å². The second-order valence-corrected chi connectivity index (χ2v) is 14.8. The summed E-state index contributed by atoms with van der Waals surface area (Å²) in [4.78, 5) is 0. The summed E-state index contributed by atoms with van der Waals surface area (Å²) < 4.78 is 18.1. The molecule has 3 aromatic heterocycles. The fourth-order valence-corrected chi connectivity index (χ4v) is 6.85. The molecule has 0 aliphatic heterocycles. The summed E-state index contributed by atoms with van der Waals surface area (Å²) in [5, 5.41) is 30.6. The fraction of sp³-hybridized carbons (Fsp3) is 0.0204. The van der Waals surface area contributed by atoms with Crippen LogP contribution >= 0.6 is 31.9 Å². The minimum Gasteiger partial charge on any atom is -0.473 e. The predicted octanol–water partition coefficient (Wildman–Crippen LogP) is 14.0. The van der Waals surface area contributed by atoms with E-state index >= 15 is 0 Å². The molecule has 9 rings (SSSR count). The van der Waals surface area contributed by atoms with Crippen molar-refractivity contribution in [1.82, 2.24) is 0 Å². The minimum atomic E-state index is -1.48. The summed E-state index contributed by atoms with van der Waals surface area (Å²) in [7, 11) is -1.48. The molecule has 0 fully saturated rings. The van der Waals surface area contributed by atoms with E-state index in [1.807, 2.05) is 146 Å². The third-order valence-electron chi connectivity index (χ3n) is 8.80. The zero-order valence-corrected chi connectivity index (χ0v) is 35.2. The standard InChI is InChI=1S/C26H20N2O2.C18H14Br2N2.C4H5BO3.CH4/c1-3-9-19(10-4-1)27-23-17-22(26-14-8-16-30-26)24(28-20-11-5-2-6-12-20)18-21(23)25-13-7-15-29-25;19-15-12-18(22-14-9-5-2-6-10-14)16(20)11-17(15)21-13-7-3-1-4-8-13;6-5(7)4-2-1-3-8-4;/h1-18,27-28H;1-12,21-22H;1-3,6-7H;1H4. The molecule has 61 heavy (non-hydrogen) atoms. The highest BCUT2D eigenvalue weighted by molar-refractivity contribution is 9.11. The van der Waals surface area contributed by atoms with E-state index in [4.69, 9.17) is 18.9 Å². The summed E-state index contributed by atoms with van der Waals surface area (Å²) in [6.07, 6.45) is 4.76. The van der Waals surface area contributed by atoms with Crippen LogP contribution in [0.25, 0.3) is 22.6 Å². The van der Waals surface area contributed by atoms with E-state index < -0.39 is 7.12 Å². The largest absolute Gasteiger partial charge is 0.526 e. The van der Waals surface area contributed by atoms with Crippen LogP contribution in [-0.2, 0) is 0 Å². The third-order valence-corrected chi connectivity index (χ3v) is 10.1. The third kappa shape index (κ3) is 12.4. The van der Waals surface area contributed by atoms with Crippen LogP contribution in [0.3, 0.4) is 0 Å². The van der Waals surface area contributed by atoms with Gasteiger partial charge in [-0.3, -0.25) is 0 Å². The Labute approximate surface area is 372 Å². The van der Waals surface area contributed by atoms with Gasteiger partial charge in [0, 0.05) is 42.8 Å². The number of para-hydroxylation sites is 4. The van der Waals surface area contributed by atoms with Crippen LogP contribution in [0.2, 0.25) is 0 Å². The lowest BCUT2D eigenvalue weighted by Gasteiger charge is -2.17. The van der Waals surface area contributed by atoms with Gasteiger partial charge < -0.3 is 44.6 Å². The Morgan fingerprint density at radius 1 is 0.377 bits per heavy atom. The first-order valence-electron chi connectivity index (χ1n) is 18.8. The molecule has 0 aliphatic carbocycles. The number of benzene rings is 6. The van der Waals surface area contributed by atoms with Crippen LogP contribution in [-0.4, -0.2) is 17.2 Å². The Kier molecular flexibility index (Phi) is 15.9. The molecule has 0 radical (unpaired) electrons. The fourth-order valence-electron chi connectivity index (χ4n) is 5.96.